The van der Waals surface area contributed by atoms with Gasteiger partial charge in [-0.15, -0.1) is 0 Å². The SMILES string of the molecule is CC1CC(C(=O)CC(=O)NO)C1. The van der Waals surface area contributed by atoms with Crippen molar-refractivity contribution in [2.24, 2.45) is 11.8 Å². The van der Waals surface area contributed by atoms with Crippen molar-refractivity contribution in [3.05, 3.63) is 0 Å². The van der Waals surface area contributed by atoms with Crippen LogP contribution in [0.25, 0.3) is 0 Å². The van der Waals surface area contributed by atoms with Gasteiger partial charge in [0.25, 0.3) is 5.91 Å². The minimum atomic E-state index is -0.612. The molecule has 0 aliphatic heterocycles. The van der Waals surface area contributed by atoms with Crippen LogP contribution in [0.1, 0.15) is 26.2 Å². The zero-order valence-corrected chi connectivity index (χ0v) is 7.04. The van der Waals surface area contributed by atoms with Crippen LogP contribution in [0.3, 0.4) is 0 Å². The van der Waals surface area contributed by atoms with E-state index in [4.69, 9.17) is 5.21 Å². The molecule has 1 saturated carbocycles. The summed E-state index contributed by atoms with van der Waals surface area (Å²) >= 11 is 0. The predicted molar refractivity (Wildman–Crippen MR) is 41.4 cm³/mol. The fourth-order valence-corrected chi connectivity index (χ4v) is 1.51. The van der Waals surface area contributed by atoms with Crippen LogP contribution in [0.4, 0.5) is 0 Å². The molecule has 0 saturated heterocycles. The van der Waals surface area contributed by atoms with Gasteiger partial charge in [0, 0.05) is 5.92 Å². The first-order valence-corrected chi connectivity index (χ1v) is 4.09. The van der Waals surface area contributed by atoms with Crippen LogP contribution in [-0.2, 0) is 9.59 Å². The Bertz CT molecular complexity index is 196. The van der Waals surface area contributed by atoms with Crippen LogP contribution in [0, 0.1) is 11.8 Å². The van der Waals surface area contributed by atoms with Gasteiger partial charge in [-0.25, -0.2) is 5.48 Å². The Morgan fingerprint density at radius 1 is 1.50 bits per heavy atom. The van der Waals surface area contributed by atoms with Crippen LogP contribution < -0.4 is 5.48 Å². The first-order valence-electron chi connectivity index (χ1n) is 4.09. The number of hydrogen-bond acceptors (Lipinski definition) is 3. The third-order valence-electron chi connectivity index (χ3n) is 2.29. The molecule has 1 rings (SSSR count). The molecule has 0 aromatic rings. The topological polar surface area (TPSA) is 66.4 Å². The fourth-order valence-electron chi connectivity index (χ4n) is 1.51. The smallest absolute Gasteiger partial charge is 0.250 e. The van der Waals surface area contributed by atoms with Gasteiger partial charge < -0.3 is 0 Å². The molecule has 4 heteroatoms. The summed E-state index contributed by atoms with van der Waals surface area (Å²) in [6, 6.07) is 0. The largest absolute Gasteiger partial charge is 0.299 e. The minimum absolute atomic E-state index is 0.0531. The highest BCUT2D eigenvalue weighted by atomic mass is 16.5. The van der Waals surface area contributed by atoms with Gasteiger partial charge in [0.2, 0.25) is 0 Å². The monoisotopic (exact) mass is 171 g/mol. The molecule has 0 bridgehead atoms. The third kappa shape index (κ3) is 2.04. The van der Waals surface area contributed by atoms with E-state index in [1.165, 1.54) is 5.48 Å². The number of amides is 1. The molecule has 1 aliphatic rings. The summed E-state index contributed by atoms with van der Waals surface area (Å²) in [7, 11) is 0. The van der Waals surface area contributed by atoms with Gasteiger partial charge >= 0.3 is 0 Å². The summed E-state index contributed by atoms with van der Waals surface area (Å²) in [5, 5.41) is 8.16. The molecule has 1 fully saturated rings. The average Bonchev–Trinajstić information content (AvgIpc) is 1.98. The number of rotatable bonds is 3. The van der Waals surface area contributed by atoms with Crippen LogP contribution in [0.2, 0.25) is 0 Å². The summed E-state index contributed by atoms with van der Waals surface area (Å²) < 4.78 is 0. The van der Waals surface area contributed by atoms with Crippen LogP contribution >= 0.6 is 0 Å². The van der Waals surface area contributed by atoms with Gasteiger partial charge in [-0.3, -0.25) is 14.8 Å². The Morgan fingerprint density at radius 3 is 2.50 bits per heavy atom. The van der Waals surface area contributed by atoms with Gasteiger partial charge in [-0.2, -0.15) is 0 Å². The predicted octanol–water partition coefficient (Wildman–Crippen LogP) is 0.497. The Balaban J connectivity index is 2.25. The van der Waals surface area contributed by atoms with Crippen molar-refractivity contribution in [2.45, 2.75) is 26.2 Å². The summed E-state index contributed by atoms with van der Waals surface area (Å²) in [6.45, 7) is 2.08. The van der Waals surface area contributed by atoms with Gasteiger partial charge in [-0.05, 0) is 18.8 Å². The minimum Gasteiger partial charge on any atom is -0.299 e. The molecule has 0 atom stereocenters. The average molecular weight is 171 g/mol. The number of carbonyl (C=O) groups is 2. The van der Waals surface area contributed by atoms with Crippen molar-refractivity contribution < 1.29 is 14.8 Å². The molecule has 1 amide bonds. The Hall–Kier alpha value is -0.900. The molecule has 0 aromatic heterocycles. The molecular weight excluding hydrogens is 158 g/mol. The molecule has 0 unspecified atom stereocenters. The van der Waals surface area contributed by atoms with Crippen LogP contribution in [0.5, 0.6) is 0 Å². The number of ketones is 1. The number of hydroxylamine groups is 1. The van der Waals surface area contributed by atoms with E-state index in [2.05, 4.69) is 6.92 Å². The molecule has 1 aliphatic carbocycles. The molecule has 12 heavy (non-hydrogen) atoms. The lowest BCUT2D eigenvalue weighted by atomic mass is 9.73. The number of hydrogen-bond donors (Lipinski definition) is 2. The van der Waals surface area contributed by atoms with E-state index < -0.39 is 5.91 Å². The summed E-state index contributed by atoms with van der Waals surface area (Å²) in [6.07, 6.45) is 1.59. The van der Waals surface area contributed by atoms with Gasteiger partial charge in [0.1, 0.15) is 5.78 Å². The molecule has 0 spiro atoms. The maximum Gasteiger partial charge on any atom is 0.250 e. The second-order valence-electron chi connectivity index (χ2n) is 3.45. The van der Waals surface area contributed by atoms with E-state index in [-0.39, 0.29) is 18.1 Å². The van der Waals surface area contributed by atoms with E-state index in [0.717, 1.165) is 12.8 Å². The number of nitrogens with one attached hydrogen (secondary N) is 1. The van der Waals surface area contributed by atoms with Crippen molar-refractivity contribution in [1.29, 1.82) is 0 Å². The Labute approximate surface area is 70.9 Å². The molecule has 4 nitrogen and oxygen atoms in total. The fraction of sp³-hybridized carbons (Fsp3) is 0.750. The van der Waals surface area contributed by atoms with Crippen LogP contribution in [-0.4, -0.2) is 16.9 Å². The maximum absolute atomic E-state index is 11.2. The van der Waals surface area contributed by atoms with Crippen LogP contribution in [0.15, 0.2) is 0 Å². The van der Waals surface area contributed by atoms with E-state index in [9.17, 15) is 9.59 Å². The lowest BCUT2D eigenvalue weighted by Gasteiger charge is -2.30. The molecular formula is C8H13NO3. The number of carbonyl (C=O) groups excluding carboxylic acids is 2. The van der Waals surface area contributed by atoms with Crippen molar-refractivity contribution in [1.82, 2.24) is 5.48 Å². The molecule has 0 heterocycles. The summed E-state index contributed by atoms with van der Waals surface area (Å²) in [5.74, 6) is -0.00681. The Kier molecular flexibility index (Phi) is 2.81. The highest BCUT2D eigenvalue weighted by Crippen LogP contribution is 2.34. The second-order valence-corrected chi connectivity index (χ2v) is 3.45. The third-order valence-corrected chi connectivity index (χ3v) is 2.29. The molecule has 0 aromatic carbocycles. The van der Waals surface area contributed by atoms with Crippen molar-refractivity contribution in [3.8, 4) is 0 Å². The standard InChI is InChI=1S/C8H13NO3/c1-5-2-6(3-5)7(10)4-8(11)9-12/h5-6,12H,2-4H2,1H3,(H,9,11). The van der Waals surface area contributed by atoms with E-state index >= 15 is 0 Å². The normalized spacial score (nSPS) is 27.5. The van der Waals surface area contributed by atoms with E-state index in [1.54, 1.807) is 0 Å². The van der Waals surface area contributed by atoms with Crippen molar-refractivity contribution in [3.63, 3.8) is 0 Å². The zero-order valence-electron chi connectivity index (χ0n) is 7.04. The van der Waals surface area contributed by atoms with Crippen molar-refractivity contribution >= 4 is 11.7 Å². The second kappa shape index (κ2) is 3.67. The highest BCUT2D eigenvalue weighted by molar-refractivity contribution is 5.98. The van der Waals surface area contributed by atoms with Gasteiger partial charge in [-0.1, -0.05) is 6.92 Å². The zero-order chi connectivity index (χ0) is 9.14. The lowest BCUT2D eigenvalue weighted by Crippen LogP contribution is -2.32. The summed E-state index contributed by atoms with van der Waals surface area (Å²) in [4.78, 5) is 21.7. The van der Waals surface area contributed by atoms with Gasteiger partial charge in [0.15, 0.2) is 0 Å². The van der Waals surface area contributed by atoms with E-state index in [0.29, 0.717) is 5.92 Å². The first-order chi connectivity index (χ1) is 5.63. The summed E-state index contributed by atoms with van der Waals surface area (Å²) in [5.41, 5.74) is 1.45. The quantitative estimate of drug-likeness (QED) is 0.369. The molecule has 0 radical (unpaired) electrons. The molecule has 2 N–H and O–H groups in total. The van der Waals surface area contributed by atoms with Crippen molar-refractivity contribution in [2.75, 3.05) is 0 Å². The molecule has 68 valence electrons. The first kappa shape index (κ1) is 9.19. The highest BCUT2D eigenvalue weighted by Gasteiger charge is 2.31. The lowest BCUT2D eigenvalue weighted by molar-refractivity contribution is -0.137. The number of Topliss-reactive ketones (excluding diaryl/α,β-unsaturated/α-hetero) is 1. The Morgan fingerprint density at radius 2 is 2.08 bits per heavy atom. The van der Waals surface area contributed by atoms with E-state index in [1.807, 2.05) is 0 Å². The van der Waals surface area contributed by atoms with Gasteiger partial charge in [0.05, 0.1) is 6.42 Å². The maximum atomic E-state index is 11.2.